The molecule has 0 bridgehead atoms. The van der Waals surface area contributed by atoms with Crippen LogP contribution < -0.4 is 5.32 Å². The fourth-order valence-electron chi connectivity index (χ4n) is 1.93. The van der Waals surface area contributed by atoms with E-state index in [0.29, 0.717) is 0 Å². The molecule has 4 nitrogen and oxygen atoms in total. The second-order valence-corrected chi connectivity index (χ2v) is 6.94. The molecule has 1 heterocycles. The van der Waals surface area contributed by atoms with Crippen molar-refractivity contribution in [1.82, 2.24) is 10.2 Å². The molecule has 0 radical (unpaired) electrons. The van der Waals surface area contributed by atoms with E-state index in [0.717, 1.165) is 20.8 Å². The van der Waals surface area contributed by atoms with Crippen molar-refractivity contribution in [2.24, 2.45) is 0 Å². The molecule has 1 N–H and O–H groups in total. The Hall–Kier alpha value is -1.92. The molecule has 3 aromatic rings. The fraction of sp³-hybridized carbons (Fsp3) is 0.133. The van der Waals surface area contributed by atoms with Gasteiger partial charge >= 0.3 is 0 Å². The van der Waals surface area contributed by atoms with E-state index in [-0.39, 0.29) is 11.2 Å². The number of aromatic nitrogens is 2. The molecule has 6 heteroatoms. The van der Waals surface area contributed by atoms with Crippen molar-refractivity contribution in [2.75, 3.05) is 5.32 Å². The Morgan fingerprint density at radius 1 is 1.24 bits per heavy atom. The van der Waals surface area contributed by atoms with E-state index in [2.05, 4.69) is 21.6 Å². The van der Waals surface area contributed by atoms with E-state index in [9.17, 15) is 4.79 Å². The predicted octanol–water partition coefficient (Wildman–Crippen LogP) is 3.81. The van der Waals surface area contributed by atoms with Gasteiger partial charge in [0.2, 0.25) is 5.91 Å². The number of amides is 1. The van der Waals surface area contributed by atoms with Crippen LogP contribution in [-0.2, 0) is 4.79 Å². The summed E-state index contributed by atoms with van der Waals surface area (Å²) in [6, 6.07) is 14.0. The highest BCUT2D eigenvalue weighted by molar-refractivity contribution is 8.02. The molecule has 0 aliphatic heterocycles. The lowest BCUT2D eigenvalue weighted by atomic mass is 10.1. The Morgan fingerprint density at radius 3 is 2.81 bits per heavy atom. The molecule has 0 fully saturated rings. The van der Waals surface area contributed by atoms with Gasteiger partial charge in [-0.1, -0.05) is 53.4 Å². The van der Waals surface area contributed by atoms with Gasteiger partial charge in [-0.15, -0.1) is 10.2 Å². The summed E-state index contributed by atoms with van der Waals surface area (Å²) in [7, 11) is 0. The van der Waals surface area contributed by atoms with Crippen LogP contribution in [0.3, 0.4) is 0 Å². The third-order valence-corrected chi connectivity index (χ3v) is 4.92. The topological polar surface area (TPSA) is 54.9 Å². The first-order valence-corrected chi connectivity index (χ1v) is 8.21. The smallest absolute Gasteiger partial charge is 0.237 e. The average Bonchev–Trinajstić information content (AvgIpc) is 3.00. The van der Waals surface area contributed by atoms with E-state index in [1.54, 1.807) is 5.51 Å². The largest absolute Gasteiger partial charge is 0.325 e. The van der Waals surface area contributed by atoms with E-state index < -0.39 is 0 Å². The Balaban J connectivity index is 1.70. The van der Waals surface area contributed by atoms with Gasteiger partial charge in [-0.3, -0.25) is 4.79 Å². The van der Waals surface area contributed by atoms with Crippen LogP contribution in [-0.4, -0.2) is 21.4 Å². The van der Waals surface area contributed by atoms with Crippen LogP contribution in [0.5, 0.6) is 0 Å². The quantitative estimate of drug-likeness (QED) is 0.744. The van der Waals surface area contributed by atoms with E-state index in [4.69, 9.17) is 0 Å². The molecule has 0 saturated carbocycles. The van der Waals surface area contributed by atoms with Crippen LogP contribution in [0.4, 0.5) is 5.69 Å². The lowest BCUT2D eigenvalue weighted by molar-refractivity contribution is -0.115. The van der Waals surface area contributed by atoms with Crippen molar-refractivity contribution in [1.29, 1.82) is 0 Å². The maximum atomic E-state index is 12.2. The maximum Gasteiger partial charge on any atom is 0.237 e. The molecule has 0 saturated heterocycles. The summed E-state index contributed by atoms with van der Waals surface area (Å²) in [6.45, 7) is 1.86. The molecule has 106 valence electrons. The molecule has 3 rings (SSSR count). The predicted molar refractivity (Wildman–Crippen MR) is 87.8 cm³/mol. The maximum absolute atomic E-state index is 12.2. The first kappa shape index (κ1) is 14.0. The summed E-state index contributed by atoms with van der Waals surface area (Å²) in [5.74, 6) is -0.0366. The number of hydrogen-bond acceptors (Lipinski definition) is 5. The van der Waals surface area contributed by atoms with Crippen molar-refractivity contribution in [2.45, 2.75) is 16.5 Å². The minimum absolute atomic E-state index is 0.0366. The highest BCUT2D eigenvalue weighted by Crippen LogP contribution is 2.25. The van der Waals surface area contributed by atoms with Crippen LogP contribution >= 0.6 is 23.1 Å². The second-order valence-electron chi connectivity index (χ2n) is 4.52. The third kappa shape index (κ3) is 3.40. The Morgan fingerprint density at radius 2 is 2.05 bits per heavy atom. The Kier molecular flexibility index (Phi) is 4.17. The molecule has 0 unspecified atom stereocenters. The van der Waals surface area contributed by atoms with Crippen LogP contribution in [0.25, 0.3) is 10.8 Å². The van der Waals surface area contributed by atoms with Crippen LogP contribution in [0.1, 0.15) is 6.92 Å². The molecule has 1 amide bonds. The number of nitrogens with zero attached hydrogens (tertiary/aromatic N) is 2. The Bertz CT molecular complexity index is 758. The zero-order chi connectivity index (χ0) is 14.7. The standard InChI is InChI=1S/C15H13N3OS2/c1-10(21-15-18-16-9-20-15)14(19)17-13-7-6-11-4-2-3-5-12(11)8-13/h2-10H,1H3,(H,17,19)/t10-/m1/s1. The number of hydrogen-bond donors (Lipinski definition) is 1. The zero-order valence-corrected chi connectivity index (χ0v) is 12.9. The number of thioether (sulfide) groups is 1. The SMILES string of the molecule is C[C@@H](Sc1nncs1)C(=O)Nc1ccc2ccccc2c1. The number of carbonyl (C=O) groups is 1. The van der Waals surface area contributed by atoms with Gasteiger partial charge in [-0.2, -0.15) is 0 Å². The fourth-order valence-corrected chi connectivity index (χ4v) is 3.56. The number of anilines is 1. The van der Waals surface area contributed by atoms with Crippen LogP contribution in [0, 0.1) is 0 Å². The van der Waals surface area contributed by atoms with Gasteiger partial charge in [0.1, 0.15) is 5.51 Å². The molecular formula is C15H13N3OS2. The summed E-state index contributed by atoms with van der Waals surface area (Å²) < 4.78 is 0.802. The molecule has 2 aromatic carbocycles. The number of rotatable bonds is 4. The number of nitrogens with one attached hydrogen (secondary N) is 1. The van der Waals surface area contributed by atoms with Gasteiger partial charge in [-0.05, 0) is 29.8 Å². The first-order chi connectivity index (χ1) is 10.2. The van der Waals surface area contributed by atoms with Gasteiger partial charge in [-0.25, -0.2) is 0 Å². The summed E-state index contributed by atoms with van der Waals surface area (Å²) >= 11 is 2.85. The van der Waals surface area contributed by atoms with Gasteiger partial charge < -0.3 is 5.32 Å². The zero-order valence-electron chi connectivity index (χ0n) is 11.3. The first-order valence-electron chi connectivity index (χ1n) is 6.45. The summed E-state index contributed by atoms with van der Waals surface area (Å²) in [6.07, 6.45) is 0. The van der Waals surface area contributed by atoms with Gasteiger partial charge in [0.25, 0.3) is 0 Å². The molecule has 1 atom stereocenters. The summed E-state index contributed by atoms with van der Waals surface area (Å²) in [5, 5.41) is 12.7. The molecule has 0 aliphatic rings. The minimum Gasteiger partial charge on any atom is -0.325 e. The van der Waals surface area contributed by atoms with E-state index in [1.165, 1.54) is 23.1 Å². The van der Waals surface area contributed by atoms with Crippen LogP contribution in [0.15, 0.2) is 52.3 Å². The lowest BCUT2D eigenvalue weighted by Crippen LogP contribution is -2.22. The molecule has 1 aromatic heterocycles. The van der Waals surface area contributed by atoms with Crippen molar-refractivity contribution >= 4 is 45.5 Å². The number of benzene rings is 2. The highest BCUT2D eigenvalue weighted by Gasteiger charge is 2.16. The third-order valence-electron chi connectivity index (χ3n) is 3.00. The Labute approximate surface area is 130 Å². The van der Waals surface area contributed by atoms with E-state index in [1.807, 2.05) is 43.3 Å². The summed E-state index contributed by atoms with van der Waals surface area (Å²) in [4.78, 5) is 12.2. The van der Waals surface area contributed by atoms with Crippen molar-refractivity contribution < 1.29 is 4.79 Å². The minimum atomic E-state index is -0.218. The van der Waals surface area contributed by atoms with Gasteiger partial charge in [0.15, 0.2) is 4.34 Å². The van der Waals surface area contributed by atoms with E-state index >= 15 is 0 Å². The number of fused-ring (bicyclic) bond motifs is 1. The van der Waals surface area contributed by atoms with Crippen LogP contribution in [0.2, 0.25) is 0 Å². The molecule has 0 aliphatic carbocycles. The van der Waals surface area contributed by atoms with Crippen molar-refractivity contribution in [3.8, 4) is 0 Å². The molecular weight excluding hydrogens is 302 g/mol. The highest BCUT2D eigenvalue weighted by atomic mass is 32.2. The second kappa shape index (κ2) is 6.24. The monoisotopic (exact) mass is 315 g/mol. The summed E-state index contributed by atoms with van der Waals surface area (Å²) in [5.41, 5.74) is 2.47. The molecule has 21 heavy (non-hydrogen) atoms. The molecule has 0 spiro atoms. The van der Waals surface area contributed by atoms with Gasteiger partial charge in [0, 0.05) is 5.69 Å². The lowest BCUT2D eigenvalue weighted by Gasteiger charge is -2.11. The number of carbonyl (C=O) groups excluding carboxylic acids is 1. The normalized spacial score (nSPS) is 12.2. The van der Waals surface area contributed by atoms with Gasteiger partial charge in [0.05, 0.1) is 5.25 Å². The van der Waals surface area contributed by atoms with Crippen molar-refractivity contribution in [3.63, 3.8) is 0 Å². The average molecular weight is 315 g/mol. The van der Waals surface area contributed by atoms with Crippen molar-refractivity contribution in [3.05, 3.63) is 48.0 Å².